The van der Waals surface area contributed by atoms with E-state index in [0.717, 1.165) is 5.56 Å². The summed E-state index contributed by atoms with van der Waals surface area (Å²) in [5, 5.41) is 0. The Hall–Kier alpha value is -1.91. The van der Waals surface area contributed by atoms with Gasteiger partial charge in [-0.05, 0) is 31.5 Å². The zero-order valence-electron chi connectivity index (χ0n) is 11.8. The van der Waals surface area contributed by atoms with E-state index in [9.17, 15) is 9.59 Å². The number of carbonyl (C=O) groups excluding carboxylic acids is 2. The van der Waals surface area contributed by atoms with Crippen molar-refractivity contribution in [1.82, 2.24) is 14.8 Å². The molecule has 2 amide bonds. The van der Waals surface area contributed by atoms with Crippen molar-refractivity contribution in [2.75, 3.05) is 19.6 Å². The van der Waals surface area contributed by atoms with Crippen molar-refractivity contribution >= 4 is 11.8 Å². The van der Waals surface area contributed by atoms with Gasteiger partial charge in [-0.15, -0.1) is 0 Å². The van der Waals surface area contributed by atoms with Gasteiger partial charge >= 0.3 is 0 Å². The molecular weight excluding hydrogens is 242 g/mol. The van der Waals surface area contributed by atoms with Crippen LogP contribution in [0.3, 0.4) is 0 Å². The predicted molar refractivity (Wildman–Crippen MR) is 73.3 cm³/mol. The van der Waals surface area contributed by atoms with Crippen LogP contribution in [0.1, 0.15) is 26.3 Å². The highest BCUT2D eigenvalue weighted by molar-refractivity contribution is 5.83. The molecule has 0 N–H and O–H groups in total. The maximum Gasteiger partial charge on any atom is 0.242 e. The van der Waals surface area contributed by atoms with Crippen molar-refractivity contribution < 1.29 is 9.59 Å². The highest BCUT2D eigenvalue weighted by Crippen LogP contribution is 2.04. The Morgan fingerprint density at radius 1 is 1.11 bits per heavy atom. The molecule has 1 aromatic heterocycles. The van der Waals surface area contributed by atoms with Crippen LogP contribution < -0.4 is 0 Å². The van der Waals surface area contributed by atoms with E-state index < -0.39 is 0 Å². The quantitative estimate of drug-likeness (QED) is 0.777. The average Bonchev–Trinajstić information content (AvgIpc) is 2.40. The first-order valence-corrected chi connectivity index (χ1v) is 6.50. The monoisotopic (exact) mass is 263 g/mol. The number of hydrogen-bond donors (Lipinski definition) is 0. The van der Waals surface area contributed by atoms with Gasteiger partial charge in [-0.2, -0.15) is 0 Å². The molecule has 0 saturated carbocycles. The molecule has 0 aromatic carbocycles. The Bertz CT molecular complexity index is 416. The van der Waals surface area contributed by atoms with Gasteiger partial charge in [0.2, 0.25) is 11.8 Å². The minimum absolute atomic E-state index is 0.0192. The molecule has 0 radical (unpaired) electrons. The molecule has 0 unspecified atom stereocenters. The van der Waals surface area contributed by atoms with Crippen LogP contribution in [0.25, 0.3) is 0 Å². The number of carbonyl (C=O) groups is 2. The second-order valence-electron chi connectivity index (χ2n) is 4.30. The number of aromatic nitrogens is 1. The van der Waals surface area contributed by atoms with E-state index in [-0.39, 0.29) is 18.4 Å². The second kappa shape index (κ2) is 7.51. The molecule has 0 bridgehead atoms. The smallest absolute Gasteiger partial charge is 0.242 e. The zero-order valence-corrected chi connectivity index (χ0v) is 11.8. The van der Waals surface area contributed by atoms with E-state index in [1.807, 2.05) is 26.0 Å². The third-order valence-corrected chi connectivity index (χ3v) is 3.01. The molecule has 1 heterocycles. The number of hydrogen-bond acceptors (Lipinski definition) is 3. The van der Waals surface area contributed by atoms with Crippen molar-refractivity contribution in [1.29, 1.82) is 0 Å². The van der Waals surface area contributed by atoms with Crippen LogP contribution in [-0.4, -0.2) is 46.2 Å². The van der Waals surface area contributed by atoms with Gasteiger partial charge < -0.3 is 9.80 Å². The molecular formula is C14H21N3O2. The second-order valence-corrected chi connectivity index (χ2v) is 4.30. The van der Waals surface area contributed by atoms with Gasteiger partial charge in [0.1, 0.15) is 6.54 Å². The summed E-state index contributed by atoms with van der Waals surface area (Å²) in [7, 11) is 0. The van der Waals surface area contributed by atoms with Crippen LogP contribution in [0.2, 0.25) is 0 Å². The van der Waals surface area contributed by atoms with Gasteiger partial charge in [-0.1, -0.05) is 0 Å². The number of pyridine rings is 1. The number of likely N-dealkylation sites (N-methyl/N-ethyl adjacent to an activating group) is 1. The first-order valence-electron chi connectivity index (χ1n) is 6.50. The van der Waals surface area contributed by atoms with E-state index >= 15 is 0 Å². The lowest BCUT2D eigenvalue weighted by molar-refractivity contribution is -0.139. The molecule has 5 nitrogen and oxygen atoms in total. The largest absolute Gasteiger partial charge is 0.342 e. The van der Waals surface area contributed by atoms with Crippen molar-refractivity contribution in [2.24, 2.45) is 0 Å². The van der Waals surface area contributed by atoms with E-state index in [0.29, 0.717) is 19.6 Å². The molecule has 1 rings (SSSR count). The Kier molecular flexibility index (Phi) is 5.99. The van der Waals surface area contributed by atoms with Gasteiger partial charge in [0, 0.05) is 39.0 Å². The van der Waals surface area contributed by atoms with E-state index in [4.69, 9.17) is 0 Å². The number of amides is 2. The predicted octanol–water partition coefficient (Wildman–Crippen LogP) is 1.30. The topological polar surface area (TPSA) is 53.5 Å². The summed E-state index contributed by atoms with van der Waals surface area (Å²) in [6.45, 7) is 7.23. The summed E-state index contributed by atoms with van der Waals surface area (Å²) < 4.78 is 0. The van der Waals surface area contributed by atoms with Gasteiger partial charge in [-0.3, -0.25) is 14.6 Å². The Morgan fingerprint density at radius 2 is 1.68 bits per heavy atom. The fraction of sp³-hybridized carbons (Fsp3) is 0.500. The molecule has 5 heteroatoms. The Morgan fingerprint density at radius 3 is 2.16 bits per heavy atom. The van der Waals surface area contributed by atoms with E-state index in [1.54, 1.807) is 22.2 Å². The third-order valence-electron chi connectivity index (χ3n) is 3.01. The average molecular weight is 263 g/mol. The van der Waals surface area contributed by atoms with Crippen LogP contribution in [0, 0.1) is 0 Å². The van der Waals surface area contributed by atoms with Gasteiger partial charge in [0.15, 0.2) is 0 Å². The number of nitrogens with zero attached hydrogens (tertiary/aromatic N) is 3. The highest BCUT2D eigenvalue weighted by Gasteiger charge is 2.17. The lowest BCUT2D eigenvalue weighted by atomic mass is 10.2. The van der Waals surface area contributed by atoms with Crippen LogP contribution in [0.15, 0.2) is 24.5 Å². The molecule has 0 spiro atoms. The molecule has 0 saturated heterocycles. The summed E-state index contributed by atoms with van der Waals surface area (Å²) in [4.78, 5) is 30.9. The number of rotatable bonds is 6. The van der Waals surface area contributed by atoms with Gasteiger partial charge in [-0.25, -0.2) is 0 Å². The molecule has 0 fully saturated rings. The highest BCUT2D eigenvalue weighted by atomic mass is 16.2. The summed E-state index contributed by atoms with van der Waals surface area (Å²) in [6.07, 6.45) is 3.36. The molecule has 0 aliphatic carbocycles. The van der Waals surface area contributed by atoms with Gasteiger partial charge in [0.25, 0.3) is 0 Å². The van der Waals surface area contributed by atoms with Crippen molar-refractivity contribution in [3.63, 3.8) is 0 Å². The fourth-order valence-electron chi connectivity index (χ4n) is 1.83. The van der Waals surface area contributed by atoms with Gasteiger partial charge in [0.05, 0.1) is 0 Å². The molecule has 0 atom stereocenters. The summed E-state index contributed by atoms with van der Waals surface area (Å²) in [5.74, 6) is -0.119. The first kappa shape index (κ1) is 15.1. The van der Waals surface area contributed by atoms with Crippen LogP contribution in [0.5, 0.6) is 0 Å². The van der Waals surface area contributed by atoms with Crippen molar-refractivity contribution in [2.45, 2.75) is 27.3 Å². The molecule has 104 valence electrons. The summed E-state index contributed by atoms with van der Waals surface area (Å²) >= 11 is 0. The Labute approximate surface area is 114 Å². The molecule has 0 aliphatic heterocycles. The van der Waals surface area contributed by atoms with E-state index in [2.05, 4.69) is 4.98 Å². The molecule has 19 heavy (non-hydrogen) atoms. The SMILES string of the molecule is CCN(CC)C(=O)CN(Cc1ccncc1)C(C)=O. The minimum atomic E-state index is -0.0997. The van der Waals surface area contributed by atoms with E-state index in [1.165, 1.54) is 6.92 Å². The van der Waals surface area contributed by atoms with Crippen molar-refractivity contribution in [3.8, 4) is 0 Å². The lowest BCUT2D eigenvalue weighted by Crippen LogP contribution is -2.41. The lowest BCUT2D eigenvalue weighted by Gasteiger charge is -2.25. The fourth-order valence-corrected chi connectivity index (χ4v) is 1.83. The van der Waals surface area contributed by atoms with Crippen LogP contribution in [0.4, 0.5) is 0 Å². The maximum absolute atomic E-state index is 12.0. The van der Waals surface area contributed by atoms with Crippen LogP contribution >= 0.6 is 0 Å². The molecule has 0 aliphatic rings. The normalized spacial score (nSPS) is 10.1. The zero-order chi connectivity index (χ0) is 14.3. The maximum atomic E-state index is 12.0. The minimum Gasteiger partial charge on any atom is -0.342 e. The first-order chi connectivity index (χ1) is 9.08. The van der Waals surface area contributed by atoms with Crippen molar-refractivity contribution in [3.05, 3.63) is 30.1 Å². The summed E-state index contributed by atoms with van der Waals surface area (Å²) in [6, 6.07) is 3.69. The Balaban J connectivity index is 2.69. The molecule has 1 aromatic rings. The van der Waals surface area contributed by atoms with Crippen LogP contribution in [-0.2, 0) is 16.1 Å². The third kappa shape index (κ3) is 4.69. The standard InChI is InChI=1S/C14H21N3O2/c1-4-16(5-2)14(19)11-17(12(3)18)10-13-6-8-15-9-7-13/h6-9H,4-5,10-11H2,1-3H3. The summed E-state index contributed by atoms with van der Waals surface area (Å²) in [5.41, 5.74) is 0.970.